The summed E-state index contributed by atoms with van der Waals surface area (Å²) in [7, 11) is 0. The third kappa shape index (κ3) is 5.20. The number of carbonyl (C=O) groups excluding carboxylic acids is 1. The number of ether oxygens (including phenoxy) is 1. The molecule has 6 heteroatoms. The van der Waals surface area contributed by atoms with Gasteiger partial charge in [0, 0.05) is 11.1 Å². The van der Waals surface area contributed by atoms with Crippen LogP contribution in [0.2, 0.25) is 15.1 Å². The zero-order chi connectivity index (χ0) is 20.1. The molecule has 0 bridgehead atoms. The Morgan fingerprint density at radius 2 is 1.71 bits per heavy atom. The molecule has 0 atom stereocenters. The number of para-hydroxylation sites is 1. The average molecular weight is 435 g/mol. The number of hydrogen-bond acceptors (Lipinski definition) is 2. The molecule has 0 radical (unpaired) electrons. The van der Waals surface area contributed by atoms with Crippen molar-refractivity contribution in [2.24, 2.45) is 0 Å². The molecule has 0 unspecified atom stereocenters. The number of amides is 1. The lowest BCUT2D eigenvalue weighted by atomic mass is 10.1. The van der Waals surface area contributed by atoms with E-state index in [1.807, 2.05) is 37.3 Å². The van der Waals surface area contributed by atoms with Gasteiger partial charge in [-0.25, -0.2) is 0 Å². The maximum absolute atomic E-state index is 12.4. The Morgan fingerprint density at radius 1 is 0.929 bits per heavy atom. The zero-order valence-corrected chi connectivity index (χ0v) is 17.4. The molecule has 1 N–H and O–H groups in total. The van der Waals surface area contributed by atoms with Gasteiger partial charge < -0.3 is 10.1 Å². The molecule has 0 spiro atoms. The molecular formula is C22H18Cl3NO2. The summed E-state index contributed by atoms with van der Waals surface area (Å²) in [6, 6.07) is 17.9. The zero-order valence-electron chi connectivity index (χ0n) is 15.1. The van der Waals surface area contributed by atoms with Gasteiger partial charge in [-0.05, 0) is 47.9 Å². The Hall–Kier alpha value is -2.20. The smallest absolute Gasteiger partial charge is 0.228 e. The summed E-state index contributed by atoms with van der Waals surface area (Å²) < 4.78 is 6.00. The van der Waals surface area contributed by atoms with Crippen molar-refractivity contribution < 1.29 is 9.53 Å². The lowest BCUT2D eigenvalue weighted by Gasteiger charge is -2.14. The highest BCUT2D eigenvalue weighted by molar-refractivity contribution is 6.34. The van der Waals surface area contributed by atoms with Crippen molar-refractivity contribution in [2.45, 2.75) is 19.8 Å². The highest BCUT2D eigenvalue weighted by Gasteiger charge is 2.12. The van der Waals surface area contributed by atoms with Crippen molar-refractivity contribution in [3.63, 3.8) is 0 Å². The van der Waals surface area contributed by atoms with Gasteiger partial charge >= 0.3 is 0 Å². The summed E-state index contributed by atoms with van der Waals surface area (Å²) >= 11 is 18.4. The van der Waals surface area contributed by atoms with Gasteiger partial charge in [0.1, 0.15) is 11.5 Å². The number of rotatable bonds is 6. The molecule has 144 valence electrons. The van der Waals surface area contributed by atoms with Crippen molar-refractivity contribution in [1.29, 1.82) is 0 Å². The molecule has 1 amide bonds. The van der Waals surface area contributed by atoms with Crippen LogP contribution in [0.3, 0.4) is 0 Å². The van der Waals surface area contributed by atoms with Gasteiger partial charge in [-0.2, -0.15) is 0 Å². The molecule has 0 aromatic heterocycles. The Kier molecular flexibility index (Phi) is 6.84. The van der Waals surface area contributed by atoms with E-state index in [0.717, 1.165) is 17.5 Å². The van der Waals surface area contributed by atoms with Gasteiger partial charge in [-0.3, -0.25) is 4.79 Å². The molecule has 3 aromatic rings. The SMILES string of the molecule is CCc1ccc(CC(=O)Nc2ccccc2Cl)cc1Oc1cc(Cl)ccc1Cl. The minimum absolute atomic E-state index is 0.163. The number of halogens is 3. The highest BCUT2D eigenvalue weighted by Crippen LogP contribution is 2.34. The van der Waals surface area contributed by atoms with Crippen LogP contribution in [0, 0.1) is 0 Å². The van der Waals surface area contributed by atoms with Crippen LogP contribution in [-0.4, -0.2) is 5.91 Å². The summed E-state index contributed by atoms with van der Waals surface area (Å²) in [4.78, 5) is 12.4. The molecule has 0 saturated carbocycles. The fraction of sp³-hybridized carbons (Fsp3) is 0.136. The van der Waals surface area contributed by atoms with E-state index in [0.29, 0.717) is 32.3 Å². The summed E-state index contributed by atoms with van der Waals surface area (Å²) in [5.74, 6) is 0.959. The van der Waals surface area contributed by atoms with E-state index >= 15 is 0 Å². The van der Waals surface area contributed by atoms with E-state index < -0.39 is 0 Å². The van der Waals surface area contributed by atoms with Crippen LogP contribution in [0.4, 0.5) is 5.69 Å². The van der Waals surface area contributed by atoms with Crippen molar-refractivity contribution in [3.8, 4) is 11.5 Å². The quantitative estimate of drug-likeness (QED) is 0.446. The Balaban J connectivity index is 1.79. The fourth-order valence-corrected chi connectivity index (χ4v) is 3.21. The van der Waals surface area contributed by atoms with Crippen LogP contribution in [0.5, 0.6) is 11.5 Å². The second kappa shape index (κ2) is 9.33. The second-order valence-electron chi connectivity index (χ2n) is 6.18. The van der Waals surface area contributed by atoms with E-state index in [-0.39, 0.29) is 12.3 Å². The van der Waals surface area contributed by atoms with E-state index in [1.165, 1.54) is 0 Å². The molecule has 3 aromatic carbocycles. The van der Waals surface area contributed by atoms with Crippen molar-refractivity contribution in [2.75, 3.05) is 5.32 Å². The fourth-order valence-electron chi connectivity index (χ4n) is 2.71. The standard InChI is InChI=1S/C22H18Cl3NO2/c1-2-15-8-7-14(12-22(27)26-19-6-4-3-5-17(19)24)11-20(15)28-21-13-16(23)9-10-18(21)25/h3-11,13H,2,12H2,1H3,(H,26,27). The predicted octanol–water partition coefficient (Wildman–Crippen LogP) is 7.18. The molecule has 0 saturated heterocycles. The van der Waals surface area contributed by atoms with Crippen LogP contribution < -0.4 is 10.1 Å². The molecular weight excluding hydrogens is 417 g/mol. The molecule has 3 rings (SSSR count). The topological polar surface area (TPSA) is 38.3 Å². The number of nitrogens with one attached hydrogen (secondary N) is 1. The maximum Gasteiger partial charge on any atom is 0.228 e. The van der Waals surface area contributed by atoms with E-state index in [2.05, 4.69) is 5.32 Å². The van der Waals surface area contributed by atoms with Crippen LogP contribution >= 0.6 is 34.8 Å². The summed E-state index contributed by atoms with van der Waals surface area (Å²) in [5, 5.41) is 4.32. The molecule has 0 fully saturated rings. The number of anilines is 1. The Morgan fingerprint density at radius 3 is 2.46 bits per heavy atom. The van der Waals surface area contributed by atoms with Crippen molar-refractivity contribution >= 4 is 46.4 Å². The van der Waals surface area contributed by atoms with Crippen molar-refractivity contribution in [3.05, 3.63) is 86.9 Å². The van der Waals surface area contributed by atoms with E-state index in [9.17, 15) is 4.79 Å². The van der Waals surface area contributed by atoms with Gasteiger partial charge in [-0.1, -0.05) is 66.0 Å². The van der Waals surface area contributed by atoms with E-state index in [4.69, 9.17) is 39.5 Å². The van der Waals surface area contributed by atoms with Gasteiger partial charge in [0.15, 0.2) is 0 Å². The van der Waals surface area contributed by atoms with Crippen LogP contribution in [0.25, 0.3) is 0 Å². The first-order chi connectivity index (χ1) is 13.5. The molecule has 0 aliphatic heterocycles. The first-order valence-corrected chi connectivity index (χ1v) is 9.88. The lowest BCUT2D eigenvalue weighted by molar-refractivity contribution is -0.115. The number of benzene rings is 3. The molecule has 28 heavy (non-hydrogen) atoms. The summed E-state index contributed by atoms with van der Waals surface area (Å²) in [6.45, 7) is 2.03. The van der Waals surface area contributed by atoms with Crippen LogP contribution in [-0.2, 0) is 17.6 Å². The second-order valence-corrected chi connectivity index (χ2v) is 7.43. The minimum Gasteiger partial charge on any atom is -0.455 e. The third-order valence-corrected chi connectivity index (χ3v) is 5.02. The third-order valence-electron chi connectivity index (χ3n) is 4.14. The predicted molar refractivity (Wildman–Crippen MR) is 116 cm³/mol. The normalized spacial score (nSPS) is 10.6. The first-order valence-electron chi connectivity index (χ1n) is 8.75. The van der Waals surface area contributed by atoms with Crippen molar-refractivity contribution in [1.82, 2.24) is 0 Å². The Labute approximate surface area is 179 Å². The highest BCUT2D eigenvalue weighted by atomic mass is 35.5. The van der Waals surface area contributed by atoms with Gasteiger partial charge in [0.25, 0.3) is 0 Å². The maximum atomic E-state index is 12.4. The largest absolute Gasteiger partial charge is 0.455 e. The Bertz CT molecular complexity index is 1000. The minimum atomic E-state index is -0.163. The lowest BCUT2D eigenvalue weighted by Crippen LogP contribution is -2.14. The van der Waals surface area contributed by atoms with Gasteiger partial charge in [-0.15, -0.1) is 0 Å². The average Bonchev–Trinajstić information content (AvgIpc) is 2.67. The van der Waals surface area contributed by atoms with Crippen LogP contribution in [0.15, 0.2) is 60.7 Å². The van der Waals surface area contributed by atoms with Gasteiger partial charge in [0.2, 0.25) is 5.91 Å². The van der Waals surface area contributed by atoms with Crippen LogP contribution in [0.1, 0.15) is 18.1 Å². The summed E-state index contributed by atoms with van der Waals surface area (Å²) in [5.41, 5.74) is 2.41. The number of aryl methyl sites for hydroxylation is 1. The molecule has 0 aliphatic carbocycles. The van der Waals surface area contributed by atoms with E-state index in [1.54, 1.807) is 30.3 Å². The first kappa shape index (κ1) is 20.5. The molecule has 3 nitrogen and oxygen atoms in total. The monoisotopic (exact) mass is 433 g/mol. The molecule has 0 heterocycles. The summed E-state index contributed by atoms with van der Waals surface area (Å²) in [6.07, 6.45) is 0.967. The van der Waals surface area contributed by atoms with Gasteiger partial charge in [0.05, 0.1) is 22.2 Å². The number of hydrogen-bond donors (Lipinski definition) is 1. The molecule has 0 aliphatic rings. The number of carbonyl (C=O) groups is 1.